The van der Waals surface area contributed by atoms with E-state index in [9.17, 15) is 14.5 Å². The molecule has 1 N–H and O–H groups in total. The third kappa shape index (κ3) is 3.62. The fourth-order valence-electron chi connectivity index (χ4n) is 1.78. The molecule has 1 heterocycles. The van der Waals surface area contributed by atoms with Gasteiger partial charge in [-0.1, -0.05) is 12.1 Å². The molecule has 7 nitrogen and oxygen atoms in total. The van der Waals surface area contributed by atoms with Gasteiger partial charge in [0.2, 0.25) is 5.82 Å². The molecule has 0 unspecified atom stereocenters. The van der Waals surface area contributed by atoms with Crippen LogP contribution in [-0.4, -0.2) is 28.5 Å². The minimum Gasteiger partial charge on any atom is -0.476 e. The molecule has 0 aliphatic heterocycles. The molecule has 110 valence electrons. The van der Waals surface area contributed by atoms with Gasteiger partial charge in [-0.2, -0.15) is 4.98 Å². The number of ether oxygens (including phenoxy) is 1. The maximum absolute atomic E-state index is 12.8. The minimum atomic E-state index is -0.598. The average Bonchev–Trinajstić information content (AvgIpc) is 2.48. The summed E-state index contributed by atoms with van der Waals surface area (Å²) in [4.78, 5) is 18.0. The third-order valence-corrected chi connectivity index (χ3v) is 2.78. The SMILES string of the molecule is COc1ncnc(NCCc2ccc(F)cc2)c1[N+](=O)[O-]. The standard InChI is InChI=1S/C13H13FN4O3/c1-21-13-11(18(19)20)12(16-8-17-13)15-7-6-9-2-4-10(14)5-3-9/h2-5,8H,6-7H2,1H3,(H,15,16,17). The highest BCUT2D eigenvalue weighted by atomic mass is 19.1. The van der Waals surface area contributed by atoms with Crippen LogP contribution in [0, 0.1) is 15.9 Å². The minimum absolute atomic E-state index is 0.0916. The lowest BCUT2D eigenvalue weighted by Crippen LogP contribution is -2.10. The number of halogens is 1. The second-order valence-corrected chi connectivity index (χ2v) is 4.14. The van der Waals surface area contributed by atoms with Gasteiger partial charge < -0.3 is 10.1 Å². The molecular formula is C13H13FN4O3. The van der Waals surface area contributed by atoms with Gasteiger partial charge in [-0.3, -0.25) is 10.1 Å². The smallest absolute Gasteiger partial charge is 0.372 e. The number of anilines is 1. The zero-order valence-electron chi connectivity index (χ0n) is 11.2. The van der Waals surface area contributed by atoms with Gasteiger partial charge in [0.15, 0.2) is 0 Å². The van der Waals surface area contributed by atoms with Crippen molar-refractivity contribution in [3.05, 3.63) is 52.1 Å². The van der Waals surface area contributed by atoms with Crippen LogP contribution in [-0.2, 0) is 6.42 Å². The molecule has 0 aliphatic rings. The Labute approximate surface area is 120 Å². The number of methoxy groups -OCH3 is 1. The molecule has 0 aliphatic carbocycles. The summed E-state index contributed by atoms with van der Waals surface area (Å²) in [6, 6.07) is 6.05. The topological polar surface area (TPSA) is 90.2 Å². The Kier molecular flexibility index (Phi) is 4.60. The van der Waals surface area contributed by atoms with Gasteiger partial charge in [-0.15, -0.1) is 0 Å². The van der Waals surface area contributed by atoms with Crippen LogP contribution in [0.4, 0.5) is 15.9 Å². The molecule has 0 atom stereocenters. The van der Waals surface area contributed by atoms with Gasteiger partial charge >= 0.3 is 5.69 Å². The molecule has 0 bridgehead atoms. The first kappa shape index (κ1) is 14.6. The predicted molar refractivity (Wildman–Crippen MR) is 73.8 cm³/mol. The molecular weight excluding hydrogens is 279 g/mol. The van der Waals surface area contributed by atoms with Crippen LogP contribution >= 0.6 is 0 Å². The number of hydrogen-bond donors (Lipinski definition) is 1. The van der Waals surface area contributed by atoms with E-state index in [4.69, 9.17) is 4.74 Å². The highest BCUT2D eigenvalue weighted by Gasteiger charge is 2.23. The van der Waals surface area contributed by atoms with Crippen molar-refractivity contribution in [1.82, 2.24) is 9.97 Å². The summed E-state index contributed by atoms with van der Waals surface area (Å²) in [5.74, 6) is -0.309. The number of hydrogen-bond acceptors (Lipinski definition) is 6. The van der Waals surface area contributed by atoms with Crippen molar-refractivity contribution in [3.8, 4) is 5.88 Å². The third-order valence-electron chi connectivity index (χ3n) is 2.78. The monoisotopic (exact) mass is 292 g/mol. The number of benzene rings is 1. The summed E-state index contributed by atoms with van der Waals surface area (Å²) in [7, 11) is 1.30. The second kappa shape index (κ2) is 6.60. The molecule has 2 aromatic rings. The molecule has 0 saturated heterocycles. The number of nitrogens with zero attached hydrogens (tertiary/aromatic N) is 3. The van der Waals surface area contributed by atoms with Crippen LogP contribution in [0.2, 0.25) is 0 Å². The maximum Gasteiger partial charge on any atom is 0.372 e. The van der Waals surface area contributed by atoms with Crippen molar-refractivity contribution in [3.63, 3.8) is 0 Å². The normalized spacial score (nSPS) is 10.2. The van der Waals surface area contributed by atoms with Crippen molar-refractivity contribution in [2.45, 2.75) is 6.42 Å². The summed E-state index contributed by atoms with van der Waals surface area (Å²) in [5.41, 5.74) is 0.603. The maximum atomic E-state index is 12.8. The van der Waals surface area contributed by atoms with Gasteiger partial charge in [0.05, 0.1) is 12.0 Å². The summed E-state index contributed by atoms with van der Waals surface area (Å²) in [5, 5.41) is 13.9. The number of rotatable bonds is 6. The molecule has 0 spiro atoms. The van der Waals surface area contributed by atoms with Crippen LogP contribution in [0.1, 0.15) is 5.56 Å². The fraction of sp³-hybridized carbons (Fsp3) is 0.231. The lowest BCUT2D eigenvalue weighted by molar-refractivity contribution is -0.385. The fourth-order valence-corrected chi connectivity index (χ4v) is 1.78. The lowest BCUT2D eigenvalue weighted by atomic mass is 10.1. The van der Waals surface area contributed by atoms with E-state index in [0.29, 0.717) is 13.0 Å². The van der Waals surface area contributed by atoms with E-state index in [1.54, 1.807) is 12.1 Å². The highest BCUT2D eigenvalue weighted by molar-refractivity contribution is 5.61. The average molecular weight is 292 g/mol. The van der Waals surface area contributed by atoms with Crippen molar-refractivity contribution < 1.29 is 14.1 Å². The van der Waals surface area contributed by atoms with E-state index < -0.39 is 4.92 Å². The van der Waals surface area contributed by atoms with E-state index in [-0.39, 0.29) is 23.2 Å². The van der Waals surface area contributed by atoms with Gasteiger partial charge in [0, 0.05) is 6.54 Å². The second-order valence-electron chi connectivity index (χ2n) is 4.14. The molecule has 8 heteroatoms. The van der Waals surface area contributed by atoms with Crippen LogP contribution in [0.5, 0.6) is 5.88 Å². The van der Waals surface area contributed by atoms with Crippen LogP contribution in [0.3, 0.4) is 0 Å². The Morgan fingerprint density at radius 1 is 1.33 bits per heavy atom. The van der Waals surface area contributed by atoms with Crippen LogP contribution < -0.4 is 10.1 Å². The highest BCUT2D eigenvalue weighted by Crippen LogP contribution is 2.30. The molecule has 21 heavy (non-hydrogen) atoms. The van der Waals surface area contributed by atoms with E-state index in [1.165, 1.54) is 25.6 Å². The first-order valence-electron chi connectivity index (χ1n) is 6.13. The first-order chi connectivity index (χ1) is 10.1. The quantitative estimate of drug-likeness (QED) is 0.648. The molecule has 0 fully saturated rings. The summed E-state index contributed by atoms with van der Waals surface area (Å²) < 4.78 is 17.6. The molecule has 0 amide bonds. The predicted octanol–water partition coefficient (Wildman–Crippen LogP) is 2.19. The van der Waals surface area contributed by atoms with Gasteiger partial charge in [-0.25, -0.2) is 9.37 Å². The van der Waals surface area contributed by atoms with Crippen LogP contribution in [0.25, 0.3) is 0 Å². The van der Waals surface area contributed by atoms with Crippen molar-refractivity contribution in [2.75, 3.05) is 19.0 Å². The summed E-state index contributed by atoms with van der Waals surface area (Å²) >= 11 is 0. The number of nitrogens with one attached hydrogen (secondary N) is 1. The molecule has 1 aromatic heterocycles. The Bertz CT molecular complexity index is 634. The van der Waals surface area contributed by atoms with Crippen molar-refractivity contribution in [2.24, 2.45) is 0 Å². The zero-order valence-corrected chi connectivity index (χ0v) is 11.2. The molecule has 2 rings (SSSR count). The van der Waals surface area contributed by atoms with Crippen molar-refractivity contribution >= 4 is 11.5 Å². The molecule has 1 aromatic carbocycles. The Balaban J connectivity index is 2.06. The van der Waals surface area contributed by atoms with E-state index in [0.717, 1.165) is 5.56 Å². The van der Waals surface area contributed by atoms with Crippen LogP contribution in [0.15, 0.2) is 30.6 Å². The number of aromatic nitrogens is 2. The first-order valence-corrected chi connectivity index (χ1v) is 6.13. The van der Waals surface area contributed by atoms with E-state index in [1.807, 2.05) is 0 Å². The molecule has 0 radical (unpaired) electrons. The van der Waals surface area contributed by atoms with E-state index in [2.05, 4.69) is 15.3 Å². The van der Waals surface area contributed by atoms with Gasteiger partial charge in [0.25, 0.3) is 5.88 Å². The van der Waals surface area contributed by atoms with E-state index >= 15 is 0 Å². The van der Waals surface area contributed by atoms with Gasteiger partial charge in [0.1, 0.15) is 12.1 Å². The largest absolute Gasteiger partial charge is 0.476 e. The Morgan fingerprint density at radius 3 is 2.67 bits per heavy atom. The van der Waals surface area contributed by atoms with Crippen molar-refractivity contribution in [1.29, 1.82) is 0 Å². The Morgan fingerprint density at radius 2 is 2.05 bits per heavy atom. The Hall–Kier alpha value is -2.77. The lowest BCUT2D eigenvalue weighted by Gasteiger charge is -2.07. The number of nitro groups is 1. The summed E-state index contributed by atoms with van der Waals surface area (Å²) in [6.45, 7) is 0.409. The van der Waals surface area contributed by atoms with Gasteiger partial charge in [-0.05, 0) is 24.1 Å². The summed E-state index contributed by atoms with van der Waals surface area (Å²) in [6.07, 6.45) is 1.76. The molecule has 0 saturated carbocycles. The zero-order chi connectivity index (χ0) is 15.2.